The minimum atomic E-state index is -0.505. The minimum Gasteiger partial charge on any atom is -0.469 e. The van der Waals surface area contributed by atoms with Gasteiger partial charge in [0.1, 0.15) is 5.60 Å². The van der Waals surface area contributed by atoms with Gasteiger partial charge in [0, 0.05) is 12.1 Å². The van der Waals surface area contributed by atoms with Gasteiger partial charge in [0.2, 0.25) is 0 Å². The lowest BCUT2D eigenvalue weighted by Gasteiger charge is -2.39. The lowest BCUT2D eigenvalue weighted by atomic mass is 9.90. The van der Waals surface area contributed by atoms with Gasteiger partial charge in [-0.25, -0.2) is 4.79 Å². The number of piperidine rings is 1. The van der Waals surface area contributed by atoms with Gasteiger partial charge in [-0.15, -0.1) is 0 Å². The first kappa shape index (κ1) is 14.2. The van der Waals surface area contributed by atoms with Crippen LogP contribution in [0.3, 0.4) is 0 Å². The summed E-state index contributed by atoms with van der Waals surface area (Å²) in [6.07, 6.45) is 3.19. The van der Waals surface area contributed by atoms with E-state index >= 15 is 0 Å². The predicted molar refractivity (Wildman–Crippen MR) is 69.6 cm³/mol. The zero-order valence-corrected chi connectivity index (χ0v) is 12.1. The summed E-state index contributed by atoms with van der Waals surface area (Å²) >= 11 is 0. The molecule has 5 nitrogen and oxygen atoms in total. The predicted octanol–water partition coefficient (Wildman–Crippen LogP) is 2.34. The van der Waals surface area contributed by atoms with Gasteiger partial charge in [0.05, 0.1) is 13.0 Å². The van der Waals surface area contributed by atoms with Crippen molar-refractivity contribution in [2.75, 3.05) is 7.11 Å². The first-order chi connectivity index (χ1) is 8.83. The Morgan fingerprint density at radius 3 is 2.32 bits per heavy atom. The van der Waals surface area contributed by atoms with Crippen LogP contribution >= 0.6 is 0 Å². The van der Waals surface area contributed by atoms with Crippen molar-refractivity contribution in [2.45, 2.75) is 64.1 Å². The number of hydrogen-bond acceptors (Lipinski definition) is 4. The zero-order valence-electron chi connectivity index (χ0n) is 12.1. The summed E-state index contributed by atoms with van der Waals surface area (Å²) in [5.41, 5.74) is -0.505. The van der Waals surface area contributed by atoms with Crippen molar-refractivity contribution in [1.82, 2.24) is 4.90 Å². The van der Waals surface area contributed by atoms with E-state index < -0.39 is 5.60 Å². The number of hydrogen-bond donors (Lipinski definition) is 0. The third-order valence-corrected chi connectivity index (χ3v) is 3.93. The Balaban J connectivity index is 2.12. The normalized spacial score (nSPS) is 30.1. The molecule has 1 amide bonds. The maximum atomic E-state index is 12.3. The number of esters is 1. The van der Waals surface area contributed by atoms with E-state index in [0.717, 1.165) is 25.7 Å². The van der Waals surface area contributed by atoms with Crippen LogP contribution in [0.25, 0.3) is 0 Å². The highest BCUT2D eigenvalue weighted by Gasteiger charge is 2.48. The van der Waals surface area contributed by atoms with Gasteiger partial charge in [-0.2, -0.15) is 0 Å². The van der Waals surface area contributed by atoms with Gasteiger partial charge >= 0.3 is 12.1 Å². The van der Waals surface area contributed by atoms with Crippen molar-refractivity contribution in [3.63, 3.8) is 0 Å². The molecule has 2 rings (SSSR count). The highest BCUT2D eigenvalue weighted by atomic mass is 16.6. The van der Waals surface area contributed by atoms with Gasteiger partial charge in [-0.3, -0.25) is 4.79 Å². The Morgan fingerprint density at radius 2 is 1.74 bits per heavy atom. The highest BCUT2D eigenvalue weighted by molar-refractivity contribution is 5.76. The number of ether oxygens (including phenoxy) is 2. The largest absolute Gasteiger partial charge is 0.469 e. The highest BCUT2D eigenvalue weighted by Crippen LogP contribution is 2.40. The minimum absolute atomic E-state index is 0.0546. The summed E-state index contributed by atoms with van der Waals surface area (Å²) in [5.74, 6) is -0.407. The molecule has 2 saturated heterocycles. The molecule has 0 unspecified atom stereocenters. The van der Waals surface area contributed by atoms with Crippen molar-refractivity contribution < 1.29 is 19.1 Å². The standard InChI is InChI=1S/C14H23NO4/c1-14(2,3)19-13(17)15-9-5-7-10(12(16)18-4)11(15)8-6-9/h9-11H,5-8H2,1-4H3/t9-,10-,11-/m1/s1. The van der Waals surface area contributed by atoms with Crippen molar-refractivity contribution in [2.24, 2.45) is 5.92 Å². The Labute approximate surface area is 114 Å². The van der Waals surface area contributed by atoms with Crippen LogP contribution in [0.5, 0.6) is 0 Å². The van der Waals surface area contributed by atoms with E-state index in [0.29, 0.717) is 0 Å². The SMILES string of the molecule is COC(=O)[C@@H]1CC[C@@H]2CC[C@H]1N2C(=O)OC(C)(C)C. The van der Waals surface area contributed by atoms with Crippen LogP contribution in [0, 0.1) is 5.92 Å². The molecule has 2 fully saturated rings. The number of rotatable bonds is 1. The number of nitrogens with zero attached hydrogens (tertiary/aromatic N) is 1. The molecule has 0 aromatic heterocycles. The van der Waals surface area contributed by atoms with E-state index in [-0.39, 0.29) is 30.1 Å². The van der Waals surface area contributed by atoms with Crippen LogP contribution in [0.1, 0.15) is 46.5 Å². The van der Waals surface area contributed by atoms with Gasteiger partial charge in [0.15, 0.2) is 0 Å². The molecule has 0 aromatic rings. The number of carbonyl (C=O) groups excluding carboxylic acids is 2. The third kappa shape index (κ3) is 2.85. The Morgan fingerprint density at radius 1 is 1.11 bits per heavy atom. The van der Waals surface area contributed by atoms with Crippen LogP contribution in [0.4, 0.5) is 4.79 Å². The Hall–Kier alpha value is -1.26. The number of amides is 1. The first-order valence-electron chi connectivity index (χ1n) is 6.92. The molecule has 0 radical (unpaired) electrons. The summed E-state index contributed by atoms with van der Waals surface area (Å²) in [6.45, 7) is 5.57. The maximum Gasteiger partial charge on any atom is 0.410 e. The second kappa shape index (κ2) is 5.02. The second-order valence-corrected chi connectivity index (χ2v) is 6.39. The molecule has 0 aliphatic carbocycles. The van der Waals surface area contributed by atoms with Crippen molar-refractivity contribution in [3.05, 3.63) is 0 Å². The van der Waals surface area contributed by atoms with Gasteiger partial charge in [-0.1, -0.05) is 0 Å². The summed E-state index contributed by atoms with van der Waals surface area (Å²) < 4.78 is 10.3. The summed E-state index contributed by atoms with van der Waals surface area (Å²) in [5, 5.41) is 0. The van der Waals surface area contributed by atoms with E-state index in [2.05, 4.69) is 0 Å². The lowest BCUT2D eigenvalue weighted by Crippen LogP contribution is -2.51. The van der Waals surface area contributed by atoms with Gasteiger partial charge in [-0.05, 0) is 46.5 Å². The van der Waals surface area contributed by atoms with Crippen molar-refractivity contribution >= 4 is 12.1 Å². The molecule has 0 N–H and O–H groups in total. The molecule has 3 atom stereocenters. The van der Waals surface area contributed by atoms with Gasteiger partial charge < -0.3 is 14.4 Å². The molecule has 2 heterocycles. The molecule has 108 valence electrons. The Kier molecular flexibility index (Phi) is 3.74. The number of methoxy groups -OCH3 is 1. The quantitative estimate of drug-likeness (QED) is 0.686. The molecule has 2 aliphatic heterocycles. The summed E-state index contributed by atoms with van der Waals surface area (Å²) in [7, 11) is 1.40. The summed E-state index contributed by atoms with van der Waals surface area (Å²) in [6, 6.07) is 0.168. The maximum absolute atomic E-state index is 12.3. The molecule has 19 heavy (non-hydrogen) atoms. The zero-order chi connectivity index (χ0) is 14.2. The van der Waals surface area contributed by atoms with Crippen molar-refractivity contribution in [1.29, 1.82) is 0 Å². The van der Waals surface area contributed by atoms with E-state index in [4.69, 9.17) is 9.47 Å². The van der Waals surface area contributed by atoms with Crippen LogP contribution in [0.2, 0.25) is 0 Å². The monoisotopic (exact) mass is 269 g/mol. The summed E-state index contributed by atoms with van der Waals surface area (Å²) in [4.78, 5) is 25.9. The average Bonchev–Trinajstić information content (AvgIpc) is 2.61. The molecule has 0 aromatic carbocycles. The fourth-order valence-electron chi connectivity index (χ4n) is 3.18. The second-order valence-electron chi connectivity index (χ2n) is 6.39. The van der Waals surface area contributed by atoms with Crippen LogP contribution in [-0.4, -0.2) is 41.8 Å². The van der Waals surface area contributed by atoms with E-state index in [1.807, 2.05) is 20.8 Å². The lowest BCUT2D eigenvalue weighted by molar-refractivity contribution is -0.149. The molecule has 5 heteroatoms. The van der Waals surface area contributed by atoms with Crippen LogP contribution in [0.15, 0.2) is 0 Å². The van der Waals surface area contributed by atoms with E-state index in [1.165, 1.54) is 7.11 Å². The van der Waals surface area contributed by atoms with E-state index in [9.17, 15) is 9.59 Å². The molecule has 2 bridgehead atoms. The molecule has 0 saturated carbocycles. The topological polar surface area (TPSA) is 55.8 Å². The van der Waals surface area contributed by atoms with Gasteiger partial charge in [0.25, 0.3) is 0 Å². The molecular weight excluding hydrogens is 246 g/mol. The molecule has 0 spiro atoms. The van der Waals surface area contributed by atoms with Crippen LogP contribution < -0.4 is 0 Å². The van der Waals surface area contributed by atoms with Crippen LogP contribution in [-0.2, 0) is 14.3 Å². The van der Waals surface area contributed by atoms with E-state index in [1.54, 1.807) is 4.90 Å². The van der Waals surface area contributed by atoms with Crippen molar-refractivity contribution in [3.8, 4) is 0 Å². The first-order valence-corrected chi connectivity index (χ1v) is 6.92. The molecular formula is C14H23NO4. The number of carbonyl (C=O) groups is 2. The molecule has 2 aliphatic rings. The smallest absolute Gasteiger partial charge is 0.410 e. The Bertz CT molecular complexity index is 374. The fourth-order valence-corrected chi connectivity index (χ4v) is 3.18. The third-order valence-electron chi connectivity index (χ3n) is 3.93. The number of fused-ring (bicyclic) bond motifs is 2. The average molecular weight is 269 g/mol. The fraction of sp³-hybridized carbons (Fsp3) is 0.857.